The number of aryl methyl sites for hydroxylation is 1. The minimum Gasteiger partial charge on any atom is -0.256 e. The second kappa shape index (κ2) is 7.65. The highest BCUT2D eigenvalue weighted by Gasteiger charge is 1.99. The molecule has 0 N–H and O–H groups in total. The second-order valence-electron chi connectivity index (χ2n) is 5.32. The number of hydrogen-bond donors (Lipinski definition) is 0. The van der Waals surface area contributed by atoms with E-state index in [0.29, 0.717) is 5.56 Å². The number of nitrogens with zero attached hydrogens (tertiary/aromatic N) is 1. The molecule has 0 amide bonds. The smallest absolute Gasteiger partial charge is 0.126 e. The first kappa shape index (κ1) is 16.7. The van der Waals surface area contributed by atoms with E-state index in [9.17, 15) is 4.39 Å². The van der Waals surface area contributed by atoms with Crippen molar-refractivity contribution in [3.05, 3.63) is 88.7 Å². The summed E-state index contributed by atoms with van der Waals surface area (Å²) in [7, 11) is 0. The van der Waals surface area contributed by atoms with Crippen molar-refractivity contribution in [1.29, 1.82) is 0 Å². The van der Waals surface area contributed by atoms with Crippen molar-refractivity contribution in [2.24, 2.45) is 4.99 Å². The van der Waals surface area contributed by atoms with Crippen molar-refractivity contribution in [3.63, 3.8) is 0 Å². The Morgan fingerprint density at radius 2 is 1.54 bits per heavy atom. The number of benzene rings is 3. The van der Waals surface area contributed by atoms with Gasteiger partial charge in [-0.15, -0.1) is 0 Å². The molecule has 0 radical (unpaired) electrons. The predicted octanol–water partition coefficient (Wildman–Crippen LogP) is 6.69. The minimum atomic E-state index is -0.211. The molecule has 0 aliphatic carbocycles. The van der Waals surface area contributed by atoms with E-state index >= 15 is 0 Å². The van der Waals surface area contributed by atoms with Crippen LogP contribution in [0.1, 0.15) is 11.1 Å². The van der Waals surface area contributed by atoms with Crippen LogP contribution in [0.5, 0.6) is 0 Å². The zero-order valence-corrected chi connectivity index (χ0v) is 14.6. The topological polar surface area (TPSA) is 12.4 Å². The third kappa shape index (κ3) is 4.47. The van der Waals surface area contributed by atoms with Gasteiger partial charge in [0, 0.05) is 21.0 Å². The Bertz CT molecular complexity index is 858. The molecule has 4 heteroatoms. The van der Waals surface area contributed by atoms with Crippen LogP contribution < -0.4 is 0 Å². The molecule has 3 rings (SSSR count). The molecule has 120 valence electrons. The van der Waals surface area contributed by atoms with Gasteiger partial charge in [-0.25, -0.2) is 4.39 Å². The average molecular weight is 356 g/mol. The van der Waals surface area contributed by atoms with Crippen molar-refractivity contribution in [2.45, 2.75) is 16.7 Å². The Kier molecular flexibility index (Phi) is 5.34. The largest absolute Gasteiger partial charge is 0.256 e. The average Bonchev–Trinajstić information content (AvgIpc) is 2.59. The van der Waals surface area contributed by atoms with Crippen LogP contribution in [0.15, 0.2) is 81.5 Å². The maximum absolute atomic E-state index is 13.2. The number of rotatable bonds is 4. The predicted molar refractivity (Wildman–Crippen MR) is 100 cm³/mol. The van der Waals surface area contributed by atoms with Gasteiger partial charge in [-0.1, -0.05) is 35.5 Å². The van der Waals surface area contributed by atoms with Crippen molar-refractivity contribution >= 4 is 35.3 Å². The number of halogens is 2. The lowest BCUT2D eigenvalue weighted by Crippen LogP contribution is -1.83. The Morgan fingerprint density at radius 1 is 0.917 bits per heavy atom. The van der Waals surface area contributed by atoms with Crippen LogP contribution in [0.3, 0.4) is 0 Å². The first-order valence-electron chi connectivity index (χ1n) is 7.44. The molecule has 24 heavy (non-hydrogen) atoms. The SMILES string of the molecule is Cc1cc(N=Cc2ccc(Sc3ccc(Cl)cc3)cc2)ccc1F. The number of hydrogen-bond acceptors (Lipinski definition) is 2. The second-order valence-corrected chi connectivity index (χ2v) is 6.90. The van der Waals surface area contributed by atoms with Crippen LogP contribution in [-0.2, 0) is 0 Å². The van der Waals surface area contributed by atoms with Gasteiger partial charge in [-0.05, 0) is 72.6 Å². The van der Waals surface area contributed by atoms with Crippen LogP contribution in [0.25, 0.3) is 0 Å². The Labute approximate surface area is 150 Å². The van der Waals surface area contributed by atoms with E-state index < -0.39 is 0 Å². The molecule has 0 aliphatic rings. The maximum atomic E-state index is 13.2. The Balaban J connectivity index is 1.68. The van der Waals surface area contributed by atoms with E-state index in [2.05, 4.69) is 17.1 Å². The first-order chi connectivity index (χ1) is 11.6. The Hall–Kier alpha value is -2.10. The highest BCUT2D eigenvalue weighted by molar-refractivity contribution is 7.99. The fourth-order valence-electron chi connectivity index (χ4n) is 2.12. The fraction of sp³-hybridized carbons (Fsp3) is 0.0500. The summed E-state index contributed by atoms with van der Waals surface area (Å²) in [6.07, 6.45) is 1.78. The molecule has 3 aromatic rings. The van der Waals surface area contributed by atoms with E-state index in [1.807, 2.05) is 36.4 Å². The van der Waals surface area contributed by atoms with Gasteiger partial charge in [0.05, 0.1) is 5.69 Å². The molecule has 0 saturated heterocycles. The lowest BCUT2D eigenvalue weighted by atomic mass is 10.2. The summed E-state index contributed by atoms with van der Waals surface area (Å²) in [6.45, 7) is 1.73. The molecule has 0 fully saturated rings. The van der Waals surface area contributed by atoms with Crippen molar-refractivity contribution in [1.82, 2.24) is 0 Å². The van der Waals surface area contributed by atoms with E-state index in [-0.39, 0.29) is 5.82 Å². The molecule has 0 unspecified atom stereocenters. The maximum Gasteiger partial charge on any atom is 0.126 e. The molecule has 1 nitrogen and oxygen atoms in total. The zero-order valence-electron chi connectivity index (χ0n) is 13.0. The summed E-state index contributed by atoms with van der Waals surface area (Å²) in [6, 6.07) is 20.7. The van der Waals surface area contributed by atoms with Crippen molar-refractivity contribution < 1.29 is 4.39 Å². The zero-order chi connectivity index (χ0) is 16.9. The van der Waals surface area contributed by atoms with Gasteiger partial charge < -0.3 is 0 Å². The highest BCUT2D eigenvalue weighted by Crippen LogP contribution is 2.28. The van der Waals surface area contributed by atoms with Crippen LogP contribution >= 0.6 is 23.4 Å². The van der Waals surface area contributed by atoms with E-state index in [1.54, 1.807) is 37.0 Å². The monoisotopic (exact) mass is 355 g/mol. The van der Waals surface area contributed by atoms with Crippen molar-refractivity contribution in [3.8, 4) is 0 Å². The number of aliphatic imine (C=N–C) groups is 1. The summed E-state index contributed by atoms with van der Waals surface area (Å²) in [4.78, 5) is 6.68. The quantitative estimate of drug-likeness (QED) is 0.475. The van der Waals surface area contributed by atoms with Gasteiger partial charge in [0.2, 0.25) is 0 Å². The highest BCUT2D eigenvalue weighted by atomic mass is 35.5. The summed E-state index contributed by atoms with van der Waals surface area (Å²) < 4.78 is 13.2. The third-order valence-corrected chi connectivity index (χ3v) is 4.70. The summed E-state index contributed by atoms with van der Waals surface area (Å²) >= 11 is 7.57. The van der Waals surface area contributed by atoms with Crippen LogP contribution in [0.2, 0.25) is 5.02 Å². The lowest BCUT2D eigenvalue weighted by Gasteiger charge is -2.02. The first-order valence-corrected chi connectivity index (χ1v) is 8.63. The summed E-state index contributed by atoms with van der Waals surface area (Å²) in [5, 5.41) is 0.738. The molecule has 0 heterocycles. The molecular weight excluding hydrogens is 341 g/mol. The normalized spacial score (nSPS) is 11.1. The molecule has 0 aromatic heterocycles. The van der Waals surface area contributed by atoms with Crippen LogP contribution in [-0.4, -0.2) is 6.21 Å². The fourth-order valence-corrected chi connectivity index (χ4v) is 3.06. The Morgan fingerprint density at radius 3 is 2.17 bits per heavy atom. The van der Waals surface area contributed by atoms with Crippen LogP contribution in [0, 0.1) is 12.7 Å². The molecule has 0 bridgehead atoms. The van der Waals surface area contributed by atoms with Gasteiger partial charge in [-0.3, -0.25) is 4.99 Å². The molecule has 3 aromatic carbocycles. The molecular formula is C20H15ClFNS. The third-order valence-electron chi connectivity index (χ3n) is 3.43. The molecule has 0 spiro atoms. The van der Waals surface area contributed by atoms with Gasteiger partial charge in [0.25, 0.3) is 0 Å². The molecule has 0 atom stereocenters. The van der Waals surface area contributed by atoms with Gasteiger partial charge >= 0.3 is 0 Å². The summed E-state index contributed by atoms with van der Waals surface area (Å²) in [5.74, 6) is -0.211. The van der Waals surface area contributed by atoms with Gasteiger partial charge in [-0.2, -0.15) is 0 Å². The van der Waals surface area contributed by atoms with Crippen molar-refractivity contribution in [2.75, 3.05) is 0 Å². The standard InChI is InChI=1S/C20H15ClFNS/c1-14-12-17(6-11-20(14)22)23-13-15-2-7-18(8-3-15)24-19-9-4-16(21)5-10-19/h2-13H,1H3. The lowest BCUT2D eigenvalue weighted by molar-refractivity contribution is 0.618. The van der Waals surface area contributed by atoms with E-state index in [0.717, 1.165) is 26.1 Å². The molecule has 0 saturated carbocycles. The van der Waals surface area contributed by atoms with E-state index in [4.69, 9.17) is 11.6 Å². The summed E-state index contributed by atoms with van der Waals surface area (Å²) in [5.41, 5.74) is 2.34. The van der Waals surface area contributed by atoms with Gasteiger partial charge in [0.15, 0.2) is 0 Å². The van der Waals surface area contributed by atoms with Gasteiger partial charge in [0.1, 0.15) is 5.82 Å². The van der Waals surface area contributed by atoms with E-state index in [1.165, 1.54) is 6.07 Å². The minimum absolute atomic E-state index is 0.211. The van der Waals surface area contributed by atoms with Crippen LogP contribution in [0.4, 0.5) is 10.1 Å². The molecule has 0 aliphatic heterocycles.